The number of halogens is 1. The number of fused-ring (bicyclic) bond motifs is 1. The Morgan fingerprint density at radius 3 is 2.89 bits per heavy atom. The minimum Gasteiger partial charge on any atom is -0.300 e. The maximum Gasteiger partial charge on any atom is 0.129 e. The molecule has 0 aromatic heterocycles. The molecule has 0 saturated heterocycles. The van der Waals surface area contributed by atoms with Crippen molar-refractivity contribution in [3.8, 4) is 0 Å². The smallest absolute Gasteiger partial charge is 0.129 e. The summed E-state index contributed by atoms with van der Waals surface area (Å²) < 4.78 is 0. The van der Waals surface area contributed by atoms with E-state index in [0.717, 1.165) is 24.7 Å². The van der Waals surface area contributed by atoms with Crippen LogP contribution in [0.3, 0.4) is 0 Å². The van der Waals surface area contributed by atoms with Crippen LogP contribution in [-0.2, 0) is 4.79 Å². The molecule has 2 rings (SSSR count). The Labute approximate surface area is 126 Å². The number of Topliss-reactive ketones (excluding diaryl/α,β-unsaturated/α-hetero) is 1. The van der Waals surface area contributed by atoms with Gasteiger partial charge in [-0.2, -0.15) is 0 Å². The van der Waals surface area contributed by atoms with E-state index >= 15 is 0 Å². The topological polar surface area (TPSA) is 17.1 Å². The van der Waals surface area contributed by atoms with Crippen molar-refractivity contribution in [1.29, 1.82) is 0 Å². The summed E-state index contributed by atoms with van der Waals surface area (Å²) in [7, 11) is 0. The van der Waals surface area contributed by atoms with Crippen molar-refractivity contribution >= 4 is 21.7 Å². The molecule has 0 heterocycles. The molecule has 2 heteroatoms. The molecule has 4 unspecified atom stereocenters. The van der Waals surface area contributed by atoms with Crippen LogP contribution in [0.1, 0.15) is 65.7 Å². The van der Waals surface area contributed by atoms with Crippen LogP contribution in [0.2, 0.25) is 0 Å². The molecule has 2 aliphatic carbocycles. The minimum absolute atomic E-state index is 0.344. The third kappa shape index (κ3) is 2.99. The Morgan fingerprint density at radius 1 is 1.53 bits per heavy atom. The van der Waals surface area contributed by atoms with Gasteiger partial charge in [-0.25, -0.2) is 0 Å². The van der Waals surface area contributed by atoms with Crippen molar-refractivity contribution in [2.75, 3.05) is 0 Å². The summed E-state index contributed by atoms with van der Waals surface area (Å²) in [6, 6.07) is 0. The summed E-state index contributed by atoms with van der Waals surface area (Å²) in [5, 5.41) is 0. The summed E-state index contributed by atoms with van der Waals surface area (Å²) >= 11 is 3.57. The lowest BCUT2D eigenvalue weighted by molar-refractivity contribution is -0.117. The number of rotatable bonds is 4. The van der Waals surface area contributed by atoms with E-state index in [1.807, 2.05) is 0 Å². The van der Waals surface area contributed by atoms with Gasteiger partial charge in [-0.3, -0.25) is 0 Å². The first-order valence-corrected chi connectivity index (χ1v) is 8.69. The molecule has 0 spiro atoms. The standard InChI is InChI=1S/C17H27BrO/c1-12(6-7-13(2)19)15-8-9-16-14(11-18)5-4-10-17(15,16)3/h11-12,15-16H,4-10H2,1-3H3/b14-11+. The molecule has 0 aliphatic heterocycles. The van der Waals surface area contributed by atoms with Crippen molar-refractivity contribution in [2.24, 2.45) is 23.2 Å². The molecular weight excluding hydrogens is 300 g/mol. The summed E-state index contributed by atoms with van der Waals surface area (Å²) in [6.07, 6.45) is 8.53. The zero-order valence-corrected chi connectivity index (χ0v) is 14.1. The maximum atomic E-state index is 11.2. The van der Waals surface area contributed by atoms with Gasteiger partial charge in [0.05, 0.1) is 0 Å². The van der Waals surface area contributed by atoms with Gasteiger partial charge in [0, 0.05) is 6.42 Å². The third-order valence-corrected chi connectivity index (χ3v) is 6.40. The second kappa shape index (κ2) is 6.11. The molecule has 0 amide bonds. The van der Waals surface area contributed by atoms with Crippen molar-refractivity contribution in [1.82, 2.24) is 0 Å². The van der Waals surface area contributed by atoms with Gasteiger partial charge in [-0.15, -0.1) is 0 Å². The predicted octanol–water partition coefficient (Wildman–Crippen LogP) is 5.49. The number of hydrogen-bond donors (Lipinski definition) is 0. The van der Waals surface area contributed by atoms with Crippen molar-refractivity contribution in [3.63, 3.8) is 0 Å². The molecule has 0 N–H and O–H groups in total. The fraction of sp³-hybridized carbons (Fsp3) is 0.824. The number of carbonyl (C=O) groups is 1. The van der Waals surface area contributed by atoms with E-state index in [4.69, 9.17) is 0 Å². The van der Waals surface area contributed by atoms with Gasteiger partial charge in [-0.05, 0) is 73.6 Å². The average Bonchev–Trinajstić information content (AvgIpc) is 2.72. The van der Waals surface area contributed by atoms with Gasteiger partial charge >= 0.3 is 0 Å². The van der Waals surface area contributed by atoms with Crippen LogP contribution < -0.4 is 0 Å². The molecule has 2 aliphatic rings. The molecular formula is C17H27BrO. The Morgan fingerprint density at radius 2 is 2.26 bits per heavy atom. The quantitative estimate of drug-likeness (QED) is 0.667. The highest BCUT2D eigenvalue weighted by Crippen LogP contribution is 2.59. The van der Waals surface area contributed by atoms with Crippen LogP contribution in [0.5, 0.6) is 0 Å². The fourth-order valence-corrected chi connectivity index (χ4v) is 5.33. The molecule has 19 heavy (non-hydrogen) atoms. The molecule has 4 atom stereocenters. The van der Waals surface area contributed by atoms with E-state index in [1.165, 1.54) is 32.1 Å². The Hall–Kier alpha value is -0.110. The predicted molar refractivity (Wildman–Crippen MR) is 84.3 cm³/mol. The van der Waals surface area contributed by atoms with Crippen LogP contribution in [0.25, 0.3) is 0 Å². The second-order valence-corrected chi connectivity index (χ2v) is 7.46. The highest BCUT2D eigenvalue weighted by molar-refractivity contribution is 9.11. The largest absolute Gasteiger partial charge is 0.300 e. The van der Waals surface area contributed by atoms with Gasteiger partial charge in [0.15, 0.2) is 0 Å². The van der Waals surface area contributed by atoms with E-state index < -0.39 is 0 Å². The number of ketones is 1. The first-order valence-electron chi connectivity index (χ1n) is 7.77. The Balaban J connectivity index is 2.09. The minimum atomic E-state index is 0.344. The van der Waals surface area contributed by atoms with Gasteiger partial charge in [-0.1, -0.05) is 35.4 Å². The van der Waals surface area contributed by atoms with Crippen LogP contribution in [0, 0.1) is 23.2 Å². The van der Waals surface area contributed by atoms with Gasteiger partial charge in [0.25, 0.3) is 0 Å². The lowest BCUT2D eigenvalue weighted by atomic mass is 9.61. The second-order valence-electron chi connectivity index (χ2n) is 7.00. The molecule has 2 fully saturated rings. The molecule has 0 radical (unpaired) electrons. The first-order chi connectivity index (χ1) is 8.99. The lowest BCUT2D eigenvalue weighted by Gasteiger charge is -2.44. The zero-order chi connectivity index (χ0) is 14.0. The van der Waals surface area contributed by atoms with E-state index in [2.05, 4.69) is 34.8 Å². The van der Waals surface area contributed by atoms with E-state index in [-0.39, 0.29) is 0 Å². The maximum absolute atomic E-state index is 11.2. The number of carbonyl (C=O) groups excluding carboxylic acids is 1. The Bertz CT molecular complexity index is 373. The summed E-state index contributed by atoms with van der Waals surface area (Å²) in [5.41, 5.74) is 2.11. The monoisotopic (exact) mass is 326 g/mol. The first kappa shape index (κ1) is 15.3. The van der Waals surface area contributed by atoms with E-state index in [1.54, 1.807) is 12.5 Å². The van der Waals surface area contributed by atoms with Crippen LogP contribution in [0.4, 0.5) is 0 Å². The molecule has 108 valence electrons. The van der Waals surface area contributed by atoms with E-state index in [0.29, 0.717) is 17.1 Å². The van der Waals surface area contributed by atoms with Crippen LogP contribution in [0.15, 0.2) is 10.6 Å². The zero-order valence-electron chi connectivity index (χ0n) is 12.5. The lowest BCUT2D eigenvalue weighted by Crippen LogP contribution is -2.36. The van der Waals surface area contributed by atoms with Gasteiger partial charge < -0.3 is 4.79 Å². The average molecular weight is 327 g/mol. The highest BCUT2D eigenvalue weighted by atomic mass is 79.9. The molecule has 0 bridgehead atoms. The van der Waals surface area contributed by atoms with Gasteiger partial charge in [0.1, 0.15) is 5.78 Å². The summed E-state index contributed by atoms with van der Waals surface area (Å²) in [5.74, 6) is 2.62. The molecule has 1 nitrogen and oxygen atoms in total. The Kier molecular flexibility index (Phi) is 4.92. The number of hydrogen-bond acceptors (Lipinski definition) is 1. The van der Waals surface area contributed by atoms with E-state index in [9.17, 15) is 4.79 Å². The normalized spacial score (nSPS) is 38.2. The third-order valence-electron chi connectivity index (χ3n) is 5.82. The van der Waals surface area contributed by atoms with Crippen molar-refractivity contribution < 1.29 is 4.79 Å². The van der Waals surface area contributed by atoms with Gasteiger partial charge in [0.2, 0.25) is 0 Å². The SMILES string of the molecule is CC(=O)CCC(C)C1CCC2/C(=C/Br)CCCC21C. The molecule has 2 saturated carbocycles. The van der Waals surface area contributed by atoms with Crippen molar-refractivity contribution in [3.05, 3.63) is 10.6 Å². The molecule has 0 aromatic rings. The summed E-state index contributed by atoms with van der Waals surface area (Å²) in [4.78, 5) is 13.4. The van der Waals surface area contributed by atoms with Crippen molar-refractivity contribution in [2.45, 2.75) is 65.7 Å². The number of allylic oxidation sites excluding steroid dienone is 1. The molecule has 0 aromatic carbocycles. The fourth-order valence-electron chi connectivity index (χ4n) is 4.78. The van der Waals surface area contributed by atoms with Crippen LogP contribution >= 0.6 is 15.9 Å². The summed E-state index contributed by atoms with van der Waals surface area (Å²) in [6.45, 7) is 6.60. The van der Waals surface area contributed by atoms with Crippen LogP contribution in [-0.4, -0.2) is 5.78 Å². The highest BCUT2D eigenvalue weighted by Gasteiger charge is 2.50.